The van der Waals surface area contributed by atoms with Crippen LogP contribution in [0.1, 0.15) is 18.1 Å². The van der Waals surface area contributed by atoms with Crippen LogP contribution in [0.2, 0.25) is 0 Å². The van der Waals surface area contributed by atoms with Crippen molar-refractivity contribution in [3.63, 3.8) is 0 Å². The summed E-state index contributed by atoms with van der Waals surface area (Å²) >= 11 is 0. The second-order valence-electron chi connectivity index (χ2n) is 4.08. The Labute approximate surface area is 107 Å². The molecule has 0 atom stereocenters. The van der Waals surface area contributed by atoms with Crippen LogP contribution in [0.4, 0.5) is 17.3 Å². The van der Waals surface area contributed by atoms with Crippen molar-refractivity contribution in [3.05, 3.63) is 41.7 Å². The van der Waals surface area contributed by atoms with Gasteiger partial charge in [0.1, 0.15) is 18.0 Å². The molecule has 0 radical (unpaired) electrons. The number of aryl methyl sites for hydroxylation is 1. The Bertz CT molecular complexity index is 537. The number of aromatic nitrogens is 2. The first kappa shape index (κ1) is 12.4. The van der Waals surface area contributed by atoms with E-state index in [-0.39, 0.29) is 0 Å². The van der Waals surface area contributed by atoms with Crippen LogP contribution in [0.25, 0.3) is 0 Å². The molecule has 4 nitrogen and oxygen atoms in total. The fraction of sp³-hybridized carbons (Fsp3) is 0.286. The quantitative estimate of drug-likeness (QED) is 0.864. The number of anilines is 3. The van der Waals surface area contributed by atoms with Crippen molar-refractivity contribution < 1.29 is 0 Å². The Hall–Kier alpha value is -2.10. The van der Waals surface area contributed by atoms with Crippen molar-refractivity contribution >= 4 is 17.3 Å². The van der Waals surface area contributed by atoms with E-state index in [1.54, 1.807) is 6.33 Å². The number of nitrogens with zero attached hydrogens (tertiary/aromatic N) is 2. The summed E-state index contributed by atoms with van der Waals surface area (Å²) in [5.41, 5.74) is 3.40. The monoisotopic (exact) mass is 242 g/mol. The van der Waals surface area contributed by atoms with Crippen LogP contribution in [0.5, 0.6) is 0 Å². The molecule has 0 saturated heterocycles. The van der Waals surface area contributed by atoms with Crippen LogP contribution in [0, 0.1) is 6.92 Å². The molecule has 2 N–H and O–H groups in total. The Balaban J connectivity index is 2.34. The predicted octanol–water partition coefficient (Wildman–Crippen LogP) is 3.13. The van der Waals surface area contributed by atoms with Crippen LogP contribution in [-0.4, -0.2) is 17.0 Å². The molecule has 2 aromatic rings. The Morgan fingerprint density at radius 2 is 1.83 bits per heavy atom. The molecule has 0 aliphatic carbocycles. The first-order valence-corrected chi connectivity index (χ1v) is 6.10. The molecule has 0 saturated carbocycles. The minimum atomic E-state index is 0.843. The largest absolute Gasteiger partial charge is 0.373 e. The molecular formula is C14H18N4. The van der Waals surface area contributed by atoms with Gasteiger partial charge in [-0.3, -0.25) is 0 Å². The second-order valence-corrected chi connectivity index (χ2v) is 4.08. The van der Waals surface area contributed by atoms with Crippen LogP contribution >= 0.6 is 0 Å². The third-order valence-corrected chi connectivity index (χ3v) is 2.97. The molecule has 1 aromatic heterocycles. The summed E-state index contributed by atoms with van der Waals surface area (Å²) in [6.07, 6.45) is 2.56. The standard InChI is InChI=1S/C14H18N4/c1-4-11-7-5-6-8-12(11)18-14-10(2)13(15-3)16-9-17-14/h5-9H,4H2,1-3H3,(H2,15,16,17,18). The van der Waals surface area contributed by atoms with Crippen molar-refractivity contribution in [1.82, 2.24) is 9.97 Å². The zero-order valence-corrected chi connectivity index (χ0v) is 11.0. The Morgan fingerprint density at radius 3 is 2.56 bits per heavy atom. The highest BCUT2D eigenvalue weighted by Crippen LogP contribution is 2.24. The molecule has 94 valence electrons. The Morgan fingerprint density at radius 1 is 1.11 bits per heavy atom. The van der Waals surface area contributed by atoms with Gasteiger partial charge in [0.2, 0.25) is 0 Å². The highest BCUT2D eigenvalue weighted by atomic mass is 15.1. The van der Waals surface area contributed by atoms with E-state index in [4.69, 9.17) is 0 Å². The highest BCUT2D eigenvalue weighted by molar-refractivity contribution is 5.66. The summed E-state index contributed by atoms with van der Waals surface area (Å²) in [6.45, 7) is 4.15. The Kier molecular flexibility index (Phi) is 3.77. The van der Waals surface area contributed by atoms with Gasteiger partial charge in [0, 0.05) is 18.3 Å². The van der Waals surface area contributed by atoms with Gasteiger partial charge in [-0.15, -0.1) is 0 Å². The molecule has 0 aliphatic rings. The van der Waals surface area contributed by atoms with Gasteiger partial charge in [-0.2, -0.15) is 0 Å². The topological polar surface area (TPSA) is 49.8 Å². The maximum atomic E-state index is 4.30. The number of para-hydroxylation sites is 1. The molecule has 18 heavy (non-hydrogen) atoms. The fourth-order valence-corrected chi connectivity index (χ4v) is 1.91. The number of nitrogens with one attached hydrogen (secondary N) is 2. The average Bonchev–Trinajstić information content (AvgIpc) is 2.42. The van der Waals surface area contributed by atoms with Crippen molar-refractivity contribution in [1.29, 1.82) is 0 Å². The van der Waals surface area contributed by atoms with Gasteiger partial charge in [-0.25, -0.2) is 9.97 Å². The summed E-state index contributed by atoms with van der Waals surface area (Å²) < 4.78 is 0. The lowest BCUT2D eigenvalue weighted by atomic mass is 10.1. The van der Waals surface area contributed by atoms with Gasteiger partial charge < -0.3 is 10.6 Å². The van der Waals surface area contributed by atoms with Gasteiger partial charge in [0.15, 0.2) is 0 Å². The summed E-state index contributed by atoms with van der Waals surface area (Å²) in [6, 6.07) is 8.27. The number of hydrogen-bond donors (Lipinski definition) is 2. The van der Waals surface area contributed by atoms with Gasteiger partial charge in [-0.05, 0) is 25.0 Å². The molecule has 0 aliphatic heterocycles. The van der Waals surface area contributed by atoms with Crippen LogP contribution in [0.3, 0.4) is 0 Å². The lowest BCUT2D eigenvalue weighted by Crippen LogP contribution is -2.03. The minimum absolute atomic E-state index is 0.843. The predicted molar refractivity (Wildman–Crippen MR) is 75.4 cm³/mol. The van der Waals surface area contributed by atoms with Crippen molar-refractivity contribution in [3.8, 4) is 0 Å². The summed E-state index contributed by atoms with van der Waals surface area (Å²) in [4.78, 5) is 8.47. The maximum Gasteiger partial charge on any atom is 0.138 e. The number of hydrogen-bond acceptors (Lipinski definition) is 4. The van der Waals surface area contributed by atoms with Gasteiger partial charge in [0.05, 0.1) is 0 Å². The van der Waals surface area contributed by atoms with Gasteiger partial charge in [0.25, 0.3) is 0 Å². The maximum absolute atomic E-state index is 4.30. The summed E-state index contributed by atoms with van der Waals surface area (Å²) in [7, 11) is 1.86. The lowest BCUT2D eigenvalue weighted by molar-refractivity contribution is 1.11. The average molecular weight is 242 g/mol. The first-order valence-electron chi connectivity index (χ1n) is 6.10. The molecule has 1 aromatic carbocycles. The van der Waals surface area contributed by atoms with Crippen LogP contribution in [-0.2, 0) is 6.42 Å². The molecule has 0 fully saturated rings. The number of rotatable bonds is 4. The second kappa shape index (κ2) is 5.49. The van der Waals surface area contributed by atoms with E-state index >= 15 is 0 Å². The van der Waals surface area contributed by atoms with E-state index in [1.807, 2.05) is 20.0 Å². The van der Waals surface area contributed by atoms with E-state index in [0.717, 1.165) is 29.3 Å². The zero-order valence-electron chi connectivity index (χ0n) is 11.0. The molecule has 1 heterocycles. The van der Waals surface area contributed by atoms with Crippen LogP contribution < -0.4 is 10.6 Å². The molecule has 4 heteroatoms. The molecule has 0 unspecified atom stereocenters. The summed E-state index contributed by atoms with van der Waals surface area (Å²) in [5.74, 6) is 1.69. The molecule has 2 rings (SSSR count). The zero-order chi connectivity index (χ0) is 13.0. The van der Waals surface area contributed by atoms with Crippen molar-refractivity contribution in [2.24, 2.45) is 0 Å². The van der Waals surface area contributed by atoms with E-state index in [1.165, 1.54) is 5.56 Å². The SMILES string of the molecule is CCc1ccccc1Nc1ncnc(NC)c1C. The minimum Gasteiger partial charge on any atom is -0.373 e. The highest BCUT2D eigenvalue weighted by Gasteiger charge is 2.07. The molecular weight excluding hydrogens is 224 g/mol. The van der Waals surface area contributed by atoms with E-state index in [0.29, 0.717) is 0 Å². The van der Waals surface area contributed by atoms with E-state index in [2.05, 4.69) is 45.7 Å². The van der Waals surface area contributed by atoms with E-state index in [9.17, 15) is 0 Å². The third-order valence-electron chi connectivity index (χ3n) is 2.97. The van der Waals surface area contributed by atoms with Gasteiger partial charge in [-0.1, -0.05) is 25.1 Å². The third kappa shape index (κ3) is 2.42. The van der Waals surface area contributed by atoms with Crippen molar-refractivity contribution in [2.75, 3.05) is 17.7 Å². The molecule has 0 bridgehead atoms. The molecule has 0 spiro atoms. The lowest BCUT2D eigenvalue weighted by Gasteiger charge is -2.13. The first-order chi connectivity index (χ1) is 8.76. The number of benzene rings is 1. The smallest absolute Gasteiger partial charge is 0.138 e. The summed E-state index contributed by atoms with van der Waals surface area (Å²) in [5, 5.41) is 6.43. The fourth-order valence-electron chi connectivity index (χ4n) is 1.91. The molecule has 0 amide bonds. The van der Waals surface area contributed by atoms with Gasteiger partial charge >= 0.3 is 0 Å². The normalized spacial score (nSPS) is 10.2. The van der Waals surface area contributed by atoms with E-state index < -0.39 is 0 Å². The van der Waals surface area contributed by atoms with Crippen LogP contribution in [0.15, 0.2) is 30.6 Å². The van der Waals surface area contributed by atoms with Crippen molar-refractivity contribution in [2.45, 2.75) is 20.3 Å².